The molecule has 3 heterocycles. The molecule has 35 heavy (non-hydrogen) atoms. The lowest BCUT2D eigenvalue weighted by Gasteiger charge is -2.23. The number of Topliss-reactive ketones (excluding diaryl/α,β-unsaturated/α-hetero) is 1. The lowest BCUT2D eigenvalue weighted by molar-refractivity contribution is -0.137. The number of hydrogen-bond donors (Lipinski definition) is 3. The van der Waals surface area contributed by atoms with Gasteiger partial charge >= 0.3 is 7.60 Å². The van der Waals surface area contributed by atoms with Gasteiger partial charge in [0.2, 0.25) is 11.8 Å². The molecular weight excluding hydrogens is 548 g/mol. The maximum atomic E-state index is 14.3. The van der Waals surface area contributed by atoms with E-state index in [1.54, 1.807) is 18.2 Å². The second-order valence-electron chi connectivity index (χ2n) is 8.04. The van der Waals surface area contributed by atoms with Gasteiger partial charge in [0.05, 0.1) is 17.4 Å². The number of hydrogen-bond acceptors (Lipinski definition) is 6. The highest BCUT2D eigenvalue weighted by Gasteiger charge is 2.40. The largest absolute Gasteiger partial charge is 0.356 e. The first-order valence-electron chi connectivity index (χ1n) is 10.4. The van der Waals surface area contributed by atoms with E-state index in [9.17, 15) is 33.1 Å². The number of carbonyl (C=O) groups excluding carboxylic acids is 3. The fourth-order valence-corrected chi connectivity index (χ4v) is 4.84. The van der Waals surface area contributed by atoms with E-state index in [1.165, 1.54) is 19.1 Å². The van der Waals surface area contributed by atoms with Crippen molar-refractivity contribution in [2.24, 2.45) is 0 Å². The lowest BCUT2D eigenvalue weighted by Crippen LogP contribution is -2.44. The molecule has 2 aromatic heterocycles. The molecule has 1 aliphatic heterocycles. The summed E-state index contributed by atoms with van der Waals surface area (Å²) in [6, 6.07) is 7.47. The number of rotatable bonds is 6. The smallest absolute Gasteiger partial charge is 0.326 e. The first-order chi connectivity index (χ1) is 16.4. The molecule has 1 aliphatic rings. The van der Waals surface area contributed by atoms with Gasteiger partial charge in [-0.25, -0.2) is 9.37 Å². The zero-order valence-corrected chi connectivity index (χ0v) is 20.7. The van der Waals surface area contributed by atoms with Crippen molar-refractivity contribution >= 4 is 63.1 Å². The van der Waals surface area contributed by atoms with E-state index in [4.69, 9.17) is 0 Å². The Morgan fingerprint density at radius 2 is 2.00 bits per heavy atom. The van der Waals surface area contributed by atoms with Crippen molar-refractivity contribution in [2.45, 2.75) is 32.1 Å². The van der Waals surface area contributed by atoms with Gasteiger partial charge in [0.1, 0.15) is 34.9 Å². The van der Waals surface area contributed by atoms with E-state index in [-0.39, 0.29) is 35.3 Å². The van der Waals surface area contributed by atoms with Crippen molar-refractivity contribution in [1.29, 1.82) is 0 Å². The van der Waals surface area contributed by atoms with E-state index in [1.807, 2.05) is 0 Å². The number of anilines is 1. The van der Waals surface area contributed by atoms with Gasteiger partial charge in [0, 0.05) is 18.7 Å². The Labute approximate surface area is 206 Å². The van der Waals surface area contributed by atoms with Gasteiger partial charge in [-0.15, -0.1) is 0 Å². The molecule has 2 atom stereocenters. The van der Waals surface area contributed by atoms with E-state index < -0.39 is 44.0 Å². The highest BCUT2D eigenvalue weighted by atomic mass is 79.9. The van der Waals surface area contributed by atoms with E-state index >= 15 is 0 Å². The first kappa shape index (κ1) is 25.1. The summed E-state index contributed by atoms with van der Waals surface area (Å²) in [6.07, 6.45) is -1.62. The van der Waals surface area contributed by atoms with Gasteiger partial charge in [0.25, 0.3) is 0 Å². The fraction of sp³-hybridized carbons (Fsp3) is 0.286. The maximum absolute atomic E-state index is 14.3. The number of fused-ring (bicyclic) bond motifs is 1. The van der Waals surface area contributed by atoms with Crippen molar-refractivity contribution < 1.29 is 33.1 Å². The highest BCUT2D eigenvalue weighted by molar-refractivity contribution is 9.10. The first-order valence-corrected chi connectivity index (χ1v) is 12.8. The topological polar surface area (TPSA) is 155 Å². The number of nitrogens with zero attached hydrogens (tertiary/aromatic N) is 4. The zero-order chi connectivity index (χ0) is 25.5. The number of amides is 2. The number of carbonyl (C=O) groups is 3. The Morgan fingerprint density at radius 3 is 2.66 bits per heavy atom. The van der Waals surface area contributed by atoms with Crippen LogP contribution in [0, 0.1) is 0 Å². The summed E-state index contributed by atoms with van der Waals surface area (Å²) < 4.78 is 27.6. The van der Waals surface area contributed by atoms with Gasteiger partial charge < -0.3 is 20.0 Å². The molecular formula is C21H20BrFN5O6P. The van der Waals surface area contributed by atoms with Gasteiger partial charge in [-0.1, -0.05) is 6.07 Å². The SMILES string of the molecule is CC(=O)c1nn(CC(=O)N2C[C@H](F)C[C@H]2C(=O)Nc2cccc(Br)n2)c2cc(P(=O)(O)O)ccc12. The molecule has 1 saturated heterocycles. The van der Waals surface area contributed by atoms with Crippen molar-refractivity contribution in [1.82, 2.24) is 19.7 Å². The third-order valence-corrected chi connectivity index (χ3v) is 6.92. The number of pyridine rings is 1. The minimum Gasteiger partial charge on any atom is -0.326 e. The minimum absolute atomic E-state index is 0.0184. The molecule has 3 N–H and O–H groups in total. The Hall–Kier alpha value is -2.99. The normalized spacial score (nSPS) is 18.1. The standard InChI is InChI=1S/C21H20BrFN5O6P/c1-11(29)20-14-6-5-13(35(32,33)34)8-15(14)28(26-20)10-19(30)27-9-12(23)7-16(27)21(31)25-18-4-2-3-17(22)24-18/h2-6,8,12,16H,7,9-10H2,1H3,(H,24,25,31)(H2,32,33,34)/t12-,16+/m1/s1. The molecule has 0 unspecified atom stereocenters. The van der Waals surface area contributed by atoms with Crippen molar-refractivity contribution in [3.63, 3.8) is 0 Å². The van der Waals surface area contributed by atoms with Crippen molar-refractivity contribution in [3.05, 3.63) is 46.7 Å². The fourth-order valence-electron chi connectivity index (χ4n) is 3.94. The summed E-state index contributed by atoms with van der Waals surface area (Å²) in [5.41, 5.74) is 0.171. The predicted molar refractivity (Wildman–Crippen MR) is 127 cm³/mol. The predicted octanol–water partition coefficient (Wildman–Crippen LogP) is 1.78. The summed E-state index contributed by atoms with van der Waals surface area (Å²) in [6.45, 7) is 0.491. The maximum Gasteiger partial charge on any atom is 0.356 e. The minimum atomic E-state index is -4.61. The van der Waals surface area contributed by atoms with Crippen LogP contribution in [0.4, 0.5) is 10.2 Å². The number of nitrogens with one attached hydrogen (secondary N) is 1. The van der Waals surface area contributed by atoms with E-state index in [2.05, 4.69) is 31.3 Å². The van der Waals surface area contributed by atoms with Crippen molar-refractivity contribution in [2.75, 3.05) is 11.9 Å². The van der Waals surface area contributed by atoms with Crippen LogP contribution in [-0.2, 0) is 20.7 Å². The van der Waals surface area contributed by atoms with E-state index in [0.717, 1.165) is 15.6 Å². The zero-order valence-electron chi connectivity index (χ0n) is 18.3. The van der Waals surface area contributed by atoms with E-state index in [0.29, 0.717) is 9.99 Å². The number of halogens is 2. The molecule has 2 amide bonds. The monoisotopic (exact) mass is 567 g/mol. The molecule has 1 fully saturated rings. The van der Waals surface area contributed by atoms with Crippen LogP contribution in [0.15, 0.2) is 41.0 Å². The molecule has 14 heteroatoms. The van der Waals surface area contributed by atoms with Crippen LogP contribution in [0.1, 0.15) is 23.8 Å². The summed E-state index contributed by atoms with van der Waals surface area (Å²) >= 11 is 3.20. The quantitative estimate of drug-likeness (QED) is 0.231. The van der Waals surface area contributed by atoms with Crippen LogP contribution in [0.5, 0.6) is 0 Å². The summed E-state index contributed by atoms with van der Waals surface area (Å²) in [5, 5.41) is 6.72. The van der Waals surface area contributed by atoms with Gasteiger partial charge in [-0.05, 0) is 46.3 Å². The molecule has 0 spiro atoms. The molecule has 184 valence electrons. The molecule has 11 nitrogen and oxygen atoms in total. The second kappa shape index (κ2) is 9.57. The molecule has 0 bridgehead atoms. The van der Waals surface area contributed by atoms with Crippen LogP contribution in [0.3, 0.4) is 0 Å². The van der Waals surface area contributed by atoms with Crippen LogP contribution in [0.25, 0.3) is 10.9 Å². The number of aromatic nitrogens is 3. The highest BCUT2D eigenvalue weighted by Crippen LogP contribution is 2.34. The van der Waals surface area contributed by atoms with Crippen molar-refractivity contribution in [3.8, 4) is 0 Å². The van der Waals surface area contributed by atoms with Crippen LogP contribution in [-0.4, -0.2) is 65.8 Å². The van der Waals surface area contributed by atoms with Crippen LogP contribution >= 0.6 is 23.5 Å². The molecule has 4 rings (SSSR count). The third-order valence-electron chi connectivity index (χ3n) is 5.53. The average Bonchev–Trinajstić information content (AvgIpc) is 3.34. The summed E-state index contributed by atoms with van der Waals surface area (Å²) in [7, 11) is -4.61. The molecule has 0 saturated carbocycles. The Bertz CT molecular complexity index is 1390. The Morgan fingerprint density at radius 1 is 1.26 bits per heavy atom. The number of benzene rings is 1. The van der Waals surface area contributed by atoms with Gasteiger partial charge in [-0.2, -0.15) is 5.10 Å². The Balaban J connectivity index is 1.62. The van der Waals surface area contributed by atoms with Crippen LogP contribution < -0.4 is 10.6 Å². The Kier molecular flexibility index (Phi) is 6.87. The summed E-state index contributed by atoms with van der Waals surface area (Å²) in [4.78, 5) is 62.2. The average molecular weight is 568 g/mol. The third kappa shape index (κ3) is 5.32. The lowest BCUT2D eigenvalue weighted by atomic mass is 10.1. The van der Waals surface area contributed by atoms with Crippen LogP contribution in [0.2, 0.25) is 0 Å². The number of likely N-dealkylation sites (tertiary alicyclic amines) is 1. The molecule has 1 aromatic carbocycles. The van der Waals surface area contributed by atoms with Gasteiger partial charge in [0.15, 0.2) is 5.78 Å². The number of ketones is 1. The van der Waals surface area contributed by atoms with Gasteiger partial charge in [-0.3, -0.25) is 23.6 Å². The number of alkyl halides is 1. The molecule has 3 aromatic rings. The molecule has 0 aliphatic carbocycles. The summed E-state index contributed by atoms with van der Waals surface area (Å²) in [5.74, 6) is -1.43. The second-order valence-corrected chi connectivity index (χ2v) is 10.5. The molecule has 0 radical (unpaired) electrons.